The number of carbonyl (C=O) groups is 11. The van der Waals surface area contributed by atoms with E-state index in [1.54, 1.807) is 54.5 Å². The van der Waals surface area contributed by atoms with Crippen molar-refractivity contribution in [1.29, 1.82) is 0 Å². The molecular weight excluding hydrogens is 1100 g/mol. The Morgan fingerprint density at radius 2 is 0.884 bits per heavy atom. The Morgan fingerprint density at radius 1 is 0.465 bits per heavy atom. The van der Waals surface area contributed by atoms with E-state index in [0.717, 1.165) is 9.80 Å². The highest BCUT2D eigenvalue weighted by molar-refractivity contribution is 5.99. The number of likely N-dealkylation sites (N-methyl/N-ethyl adjacent to an activating group) is 7. The van der Waals surface area contributed by atoms with E-state index in [-0.39, 0.29) is 55.8 Å². The molecule has 23 nitrogen and oxygen atoms in total. The van der Waals surface area contributed by atoms with E-state index in [2.05, 4.69) is 21.3 Å². The summed E-state index contributed by atoms with van der Waals surface area (Å²) in [4.78, 5) is 169. The maximum absolute atomic E-state index is 15.2. The zero-order valence-electron chi connectivity index (χ0n) is 56.8. The Bertz CT molecular complexity index is 2340. The Kier molecular flexibility index (Phi) is 32.3. The summed E-state index contributed by atoms with van der Waals surface area (Å²) in [7, 11) is 9.95. The van der Waals surface area contributed by atoms with Gasteiger partial charge in [-0.25, -0.2) is 0 Å². The number of hydrogen-bond acceptors (Lipinski definition) is 12. The lowest BCUT2D eigenvalue weighted by atomic mass is 9.91. The number of aliphatic hydroxyl groups excluding tert-OH is 1. The van der Waals surface area contributed by atoms with E-state index in [0.29, 0.717) is 12.8 Å². The topological polar surface area (TPSA) is 279 Å². The molecule has 1 heterocycles. The van der Waals surface area contributed by atoms with Gasteiger partial charge in [0.1, 0.15) is 60.4 Å². The van der Waals surface area contributed by atoms with E-state index >= 15 is 9.59 Å². The quantitative estimate of drug-likeness (QED) is 0.139. The fourth-order valence-electron chi connectivity index (χ4n) is 10.9. The highest BCUT2D eigenvalue weighted by Crippen LogP contribution is 2.26. The molecule has 12 atom stereocenters. The van der Waals surface area contributed by atoms with Crippen molar-refractivity contribution >= 4 is 65.0 Å². The summed E-state index contributed by atoms with van der Waals surface area (Å²) in [5, 5.41) is 23.2. The second kappa shape index (κ2) is 35.6. The molecule has 0 bridgehead atoms. The van der Waals surface area contributed by atoms with Gasteiger partial charge >= 0.3 is 0 Å². The molecule has 86 heavy (non-hydrogen) atoms. The number of rotatable bonds is 16. The molecule has 5 N–H and O–H groups in total. The molecule has 1 aliphatic heterocycles. The van der Waals surface area contributed by atoms with E-state index in [1.807, 2.05) is 61.5 Å². The maximum Gasteiger partial charge on any atom is 0.246 e. The first-order chi connectivity index (χ1) is 39.7. The van der Waals surface area contributed by atoms with Crippen LogP contribution in [0.25, 0.3) is 0 Å². The molecule has 1 aliphatic rings. The predicted octanol–water partition coefficient (Wildman–Crippen LogP) is 3.66. The van der Waals surface area contributed by atoms with Crippen LogP contribution in [0.4, 0.5) is 0 Å². The molecule has 23 heteroatoms. The Hall–Kier alpha value is -6.13. The van der Waals surface area contributed by atoms with Gasteiger partial charge in [-0.3, -0.25) is 52.7 Å². The first-order valence-electron chi connectivity index (χ1n) is 31.1. The predicted molar refractivity (Wildman–Crippen MR) is 333 cm³/mol. The van der Waals surface area contributed by atoms with E-state index in [4.69, 9.17) is 0 Å². The molecule has 0 aliphatic carbocycles. The third-order valence-corrected chi connectivity index (χ3v) is 16.2. The van der Waals surface area contributed by atoms with Crippen LogP contribution in [0.1, 0.15) is 163 Å². The average Bonchev–Trinajstić information content (AvgIpc) is 3.10. The lowest BCUT2D eigenvalue weighted by Gasteiger charge is -2.41. The molecule has 0 unspecified atom stereocenters. The van der Waals surface area contributed by atoms with Crippen molar-refractivity contribution < 1.29 is 57.8 Å². The van der Waals surface area contributed by atoms with Gasteiger partial charge < -0.3 is 60.7 Å². The molecule has 0 aromatic rings. The third-order valence-electron chi connectivity index (χ3n) is 16.2. The van der Waals surface area contributed by atoms with Crippen molar-refractivity contribution in [2.75, 3.05) is 55.9 Å². The van der Waals surface area contributed by atoms with Crippen LogP contribution in [0.5, 0.6) is 0 Å². The first kappa shape index (κ1) is 77.9. The highest BCUT2D eigenvalue weighted by Gasteiger charge is 2.46. The number of nitrogens with one attached hydrogen (secondary N) is 4. The van der Waals surface area contributed by atoms with Crippen molar-refractivity contribution in [1.82, 2.24) is 55.6 Å². The van der Waals surface area contributed by atoms with Crippen LogP contribution < -0.4 is 21.3 Å². The molecule has 11 amide bonds. The van der Waals surface area contributed by atoms with Crippen LogP contribution in [0, 0.1) is 41.4 Å². The van der Waals surface area contributed by atoms with E-state index in [1.165, 1.54) is 87.7 Å². The standard InChI is InChI=1S/C63H113N11O12/c1-25-27-29-41(15)53(76)52-57(80)66-44(28-26-2)59(82)68(18)34-49(75)69(19)45(30-35(3)4)56(79)67-50(39(11)12)62(85)70(20)46(31-36(5)6)55(78)64-42(16)54(77)65-43(17)58(81)71(21)47(32-37(7)8)60(83)72(22)48(33-38(9)10)61(84)73(23)51(40(13)14)63(86)74(52)24/h25,27,35-48,50-53,76H,26,28-34H2,1-24H3,(H,64,78)(H,65,77)(H,66,80)(H,67,79)/t41-,42+,43-,44+,45+,46+,47+,48+,50+,51+,52+,53-/m1/s1. The number of amides is 11. The van der Waals surface area contributed by atoms with Gasteiger partial charge in [0.15, 0.2) is 0 Å². The molecule has 1 fully saturated rings. The lowest BCUT2D eigenvalue weighted by molar-refractivity contribution is -0.157. The van der Waals surface area contributed by atoms with Crippen molar-refractivity contribution in [2.24, 2.45) is 41.4 Å². The second-order valence-corrected chi connectivity index (χ2v) is 26.5. The minimum atomic E-state index is -1.61. The molecule has 0 saturated carbocycles. The maximum atomic E-state index is 15.2. The summed E-state index contributed by atoms with van der Waals surface area (Å²) in [6.07, 6.45) is 3.51. The van der Waals surface area contributed by atoms with Crippen molar-refractivity contribution in [3.05, 3.63) is 12.2 Å². The number of allylic oxidation sites excluding steroid dienone is 2. The smallest absolute Gasteiger partial charge is 0.246 e. The molecular formula is C63H113N11O12. The summed E-state index contributed by atoms with van der Waals surface area (Å²) in [6, 6.07) is -12.3. The number of aliphatic hydroxyl groups is 1. The van der Waals surface area contributed by atoms with Crippen LogP contribution >= 0.6 is 0 Å². The van der Waals surface area contributed by atoms with Crippen molar-refractivity contribution in [2.45, 2.75) is 229 Å². The van der Waals surface area contributed by atoms with Crippen molar-refractivity contribution in [3.8, 4) is 0 Å². The van der Waals surface area contributed by atoms with Crippen LogP contribution in [-0.4, -0.2) is 227 Å². The number of hydrogen-bond donors (Lipinski definition) is 5. The fourth-order valence-corrected chi connectivity index (χ4v) is 10.9. The van der Waals surface area contributed by atoms with Gasteiger partial charge in [0.2, 0.25) is 65.0 Å². The van der Waals surface area contributed by atoms with E-state index < -0.39 is 156 Å². The lowest BCUT2D eigenvalue weighted by Crippen LogP contribution is -2.63. The van der Waals surface area contributed by atoms with Crippen LogP contribution in [0.15, 0.2) is 12.2 Å². The molecule has 492 valence electrons. The molecule has 0 spiro atoms. The molecule has 0 radical (unpaired) electrons. The molecule has 0 aromatic heterocycles. The minimum Gasteiger partial charge on any atom is -0.390 e. The molecule has 1 saturated heterocycles. The van der Waals surface area contributed by atoms with Gasteiger partial charge in [0.05, 0.1) is 12.6 Å². The van der Waals surface area contributed by atoms with E-state index in [9.17, 15) is 48.3 Å². The molecule has 1 rings (SSSR count). The Balaban J connectivity index is 4.36. The fraction of sp³-hybridized carbons (Fsp3) is 0.794. The van der Waals surface area contributed by atoms with Crippen LogP contribution in [0.3, 0.4) is 0 Å². The second-order valence-electron chi connectivity index (χ2n) is 26.5. The monoisotopic (exact) mass is 1220 g/mol. The van der Waals surface area contributed by atoms with Crippen molar-refractivity contribution in [3.63, 3.8) is 0 Å². The van der Waals surface area contributed by atoms with Gasteiger partial charge in [-0.15, -0.1) is 0 Å². The summed E-state index contributed by atoms with van der Waals surface area (Å²) < 4.78 is 0. The van der Waals surface area contributed by atoms with Gasteiger partial charge in [-0.2, -0.15) is 0 Å². The van der Waals surface area contributed by atoms with Crippen LogP contribution in [0.2, 0.25) is 0 Å². The minimum absolute atomic E-state index is 0.0923. The van der Waals surface area contributed by atoms with Gasteiger partial charge in [-0.1, -0.05) is 116 Å². The summed E-state index contributed by atoms with van der Waals surface area (Å²) in [5.74, 6) is -9.66. The largest absolute Gasteiger partial charge is 0.390 e. The van der Waals surface area contributed by atoms with Gasteiger partial charge in [0.25, 0.3) is 0 Å². The van der Waals surface area contributed by atoms with Gasteiger partial charge in [0, 0.05) is 49.3 Å². The first-order valence-corrected chi connectivity index (χ1v) is 31.1. The zero-order valence-corrected chi connectivity index (χ0v) is 56.8. The summed E-state index contributed by atoms with van der Waals surface area (Å²) in [5.41, 5.74) is 0. The SMILES string of the molecule is CC=CC[C@@H](C)[C@@H](O)[C@H]1C(=O)N[C@@H](CCC)C(=O)N(C)CC(=O)N(C)[C@@H](CC(C)C)C(=O)N[C@@H](C(C)C)C(=O)N(C)[C@@H](CC(C)C)C(=O)N[C@@H](C)C(=O)N[C@H](C)C(=O)N(C)[C@@H](CC(C)C)C(=O)N(C)[C@@H](CC(C)C)C(=O)N(C)[C@@H](C(C)C)C(=O)N1C. The zero-order chi connectivity index (χ0) is 66.7. The summed E-state index contributed by atoms with van der Waals surface area (Å²) in [6.45, 7) is 29.5. The number of nitrogens with zero attached hydrogens (tertiary/aromatic N) is 7. The Labute approximate surface area is 515 Å². The summed E-state index contributed by atoms with van der Waals surface area (Å²) >= 11 is 0. The van der Waals surface area contributed by atoms with Crippen LogP contribution in [-0.2, 0) is 52.7 Å². The normalized spacial score (nSPS) is 26.7. The molecule has 0 aromatic carbocycles. The third kappa shape index (κ3) is 21.9. The Morgan fingerprint density at radius 3 is 1.34 bits per heavy atom. The van der Waals surface area contributed by atoms with Gasteiger partial charge in [-0.05, 0) is 101 Å². The highest BCUT2D eigenvalue weighted by atomic mass is 16.3. The number of carbonyl (C=O) groups excluding carboxylic acids is 11. The average molecular weight is 1220 g/mol.